The molecule has 0 saturated heterocycles. The maximum absolute atomic E-state index is 12.1. The number of para-hydroxylation sites is 1. The van der Waals surface area contributed by atoms with Gasteiger partial charge < -0.3 is 10.2 Å². The summed E-state index contributed by atoms with van der Waals surface area (Å²) in [5.41, 5.74) is 0.626. The molecule has 100 valence electrons. The molecule has 6 heteroatoms. The van der Waals surface area contributed by atoms with Crippen LogP contribution >= 0.6 is 11.3 Å². The highest BCUT2D eigenvalue weighted by molar-refractivity contribution is 7.22. The second-order valence-corrected chi connectivity index (χ2v) is 5.14. The molecule has 3 aromatic rings. The van der Waals surface area contributed by atoms with Gasteiger partial charge in [-0.15, -0.1) is 0 Å². The minimum Gasteiger partial charge on any atom is -0.507 e. The van der Waals surface area contributed by atoms with Crippen molar-refractivity contribution >= 4 is 32.6 Å². The van der Waals surface area contributed by atoms with Crippen molar-refractivity contribution in [2.45, 2.75) is 0 Å². The van der Waals surface area contributed by atoms with Crippen LogP contribution in [0.4, 0.5) is 5.13 Å². The maximum Gasteiger partial charge on any atom is 0.264 e. The molecule has 1 amide bonds. The number of rotatable bonds is 2. The first-order valence-electron chi connectivity index (χ1n) is 5.83. The molecule has 1 heterocycles. The number of nitrogens with one attached hydrogen (secondary N) is 1. The Morgan fingerprint density at radius 2 is 1.75 bits per heavy atom. The number of phenols is 2. The Morgan fingerprint density at radius 3 is 2.45 bits per heavy atom. The summed E-state index contributed by atoms with van der Waals surface area (Å²) >= 11 is 1.33. The lowest BCUT2D eigenvalue weighted by Gasteiger charge is -2.05. The van der Waals surface area contributed by atoms with Crippen molar-refractivity contribution < 1.29 is 15.0 Å². The number of benzene rings is 2. The Bertz CT molecular complexity index is 745. The number of phenolic OH excluding ortho intramolecular Hbond substituents is 2. The lowest BCUT2D eigenvalue weighted by atomic mass is 10.1. The molecule has 0 saturated carbocycles. The fourth-order valence-electron chi connectivity index (χ4n) is 1.85. The first-order chi connectivity index (χ1) is 9.65. The van der Waals surface area contributed by atoms with Gasteiger partial charge in [-0.1, -0.05) is 29.5 Å². The van der Waals surface area contributed by atoms with E-state index in [1.807, 2.05) is 24.3 Å². The van der Waals surface area contributed by atoms with Gasteiger partial charge in [0.1, 0.15) is 17.1 Å². The van der Waals surface area contributed by atoms with Gasteiger partial charge in [-0.3, -0.25) is 10.1 Å². The Labute approximate surface area is 118 Å². The van der Waals surface area contributed by atoms with Gasteiger partial charge in [-0.25, -0.2) is 4.98 Å². The molecule has 0 fully saturated rings. The summed E-state index contributed by atoms with van der Waals surface area (Å²) in [7, 11) is 0. The van der Waals surface area contributed by atoms with Crippen molar-refractivity contribution in [2.75, 3.05) is 5.32 Å². The molecule has 1 aromatic heterocycles. The summed E-state index contributed by atoms with van der Waals surface area (Å²) in [5.74, 6) is -1.15. The number of hydrogen-bond acceptors (Lipinski definition) is 5. The molecule has 0 aliphatic carbocycles. The molecule has 2 aromatic carbocycles. The van der Waals surface area contributed by atoms with Crippen LogP contribution in [0.3, 0.4) is 0 Å². The van der Waals surface area contributed by atoms with E-state index in [1.165, 1.54) is 29.5 Å². The zero-order chi connectivity index (χ0) is 14.1. The highest BCUT2D eigenvalue weighted by atomic mass is 32.1. The van der Waals surface area contributed by atoms with Crippen LogP contribution in [0.15, 0.2) is 42.5 Å². The molecule has 5 nitrogen and oxygen atoms in total. The molecule has 0 aliphatic rings. The normalized spacial score (nSPS) is 10.6. The zero-order valence-corrected chi connectivity index (χ0v) is 11.0. The third kappa shape index (κ3) is 2.17. The number of thiazole rings is 1. The molecule has 0 aliphatic heterocycles. The number of amides is 1. The summed E-state index contributed by atoms with van der Waals surface area (Å²) in [6, 6.07) is 11.6. The summed E-state index contributed by atoms with van der Waals surface area (Å²) in [4.78, 5) is 16.3. The molecule has 0 spiro atoms. The standard InChI is InChI=1S/C14H10N2O3S/c17-9-5-3-6-10(18)12(9)13(19)16-14-15-8-4-1-2-7-11(8)20-14/h1-7,17-18H,(H,15,16,19). The molecular formula is C14H10N2O3S. The zero-order valence-electron chi connectivity index (χ0n) is 10.2. The average molecular weight is 286 g/mol. The van der Waals surface area contributed by atoms with Crippen molar-refractivity contribution in [1.29, 1.82) is 0 Å². The highest BCUT2D eigenvalue weighted by Gasteiger charge is 2.17. The Hall–Kier alpha value is -2.60. The van der Waals surface area contributed by atoms with E-state index in [4.69, 9.17) is 0 Å². The second-order valence-electron chi connectivity index (χ2n) is 4.11. The molecule has 0 atom stereocenters. The van der Waals surface area contributed by atoms with Gasteiger partial charge in [0.15, 0.2) is 5.13 Å². The van der Waals surface area contributed by atoms with E-state index in [9.17, 15) is 15.0 Å². The van der Waals surface area contributed by atoms with Gasteiger partial charge in [-0.05, 0) is 24.3 Å². The minimum atomic E-state index is -0.598. The SMILES string of the molecule is O=C(Nc1nc2ccccc2s1)c1c(O)cccc1O. The van der Waals surface area contributed by atoms with Crippen molar-refractivity contribution in [2.24, 2.45) is 0 Å². The van der Waals surface area contributed by atoms with Gasteiger partial charge >= 0.3 is 0 Å². The van der Waals surface area contributed by atoms with E-state index in [0.29, 0.717) is 5.13 Å². The van der Waals surface area contributed by atoms with E-state index in [1.54, 1.807) is 0 Å². The summed E-state index contributed by atoms with van der Waals surface area (Å²) in [6.07, 6.45) is 0. The molecule has 0 unspecified atom stereocenters. The number of carbonyl (C=O) groups excluding carboxylic acids is 1. The number of fused-ring (bicyclic) bond motifs is 1. The summed E-state index contributed by atoms with van der Waals surface area (Å²) in [5, 5.41) is 22.3. The quantitative estimate of drug-likeness (QED) is 0.676. The van der Waals surface area contributed by atoms with E-state index in [2.05, 4.69) is 10.3 Å². The van der Waals surface area contributed by atoms with Gasteiger partial charge in [0, 0.05) is 0 Å². The van der Waals surface area contributed by atoms with E-state index >= 15 is 0 Å². The molecule has 20 heavy (non-hydrogen) atoms. The van der Waals surface area contributed by atoms with Crippen molar-refractivity contribution in [3.05, 3.63) is 48.0 Å². The van der Waals surface area contributed by atoms with E-state index in [0.717, 1.165) is 10.2 Å². The Balaban J connectivity index is 1.92. The van der Waals surface area contributed by atoms with Gasteiger partial charge in [0.05, 0.1) is 10.2 Å². The Morgan fingerprint density at radius 1 is 1.05 bits per heavy atom. The fourth-order valence-corrected chi connectivity index (χ4v) is 2.71. The van der Waals surface area contributed by atoms with Gasteiger partial charge in [0.25, 0.3) is 5.91 Å². The van der Waals surface area contributed by atoms with Crippen LogP contribution in [0.25, 0.3) is 10.2 Å². The topological polar surface area (TPSA) is 82.5 Å². The van der Waals surface area contributed by atoms with Crippen LogP contribution in [-0.2, 0) is 0 Å². The number of anilines is 1. The Kier molecular flexibility index (Phi) is 3.00. The summed E-state index contributed by atoms with van der Waals surface area (Å²) < 4.78 is 0.948. The van der Waals surface area contributed by atoms with Crippen LogP contribution in [0, 0.1) is 0 Å². The third-order valence-corrected chi connectivity index (χ3v) is 3.71. The van der Waals surface area contributed by atoms with E-state index < -0.39 is 5.91 Å². The van der Waals surface area contributed by atoms with Crippen molar-refractivity contribution in [3.63, 3.8) is 0 Å². The van der Waals surface area contributed by atoms with Crippen LogP contribution in [0.1, 0.15) is 10.4 Å². The highest BCUT2D eigenvalue weighted by Crippen LogP contribution is 2.29. The fraction of sp³-hybridized carbons (Fsp3) is 0. The van der Waals surface area contributed by atoms with Gasteiger partial charge in [-0.2, -0.15) is 0 Å². The smallest absolute Gasteiger partial charge is 0.264 e. The molecule has 3 rings (SSSR count). The lowest BCUT2D eigenvalue weighted by molar-refractivity contribution is 0.102. The van der Waals surface area contributed by atoms with Crippen molar-refractivity contribution in [1.82, 2.24) is 4.98 Å². The molecule has 0 radical (unpaired) electrons. The predicted molar refractivity (Wildman–Crippen MR) is 77.3 cm³/mol. The third-order valence-electron chi connectivity index (χ3n) is 2.76. The predicted octanol–water partition coefficient (Wildman–Crippen LogP) is 2.96. The molecule has 0 bridgehead atoms. The first-order valence-corrected chi connectivity index (χ1v) is 6.64. The number of carbonyl (C=O) groups is 1. The summed E-state index contributed by atoms with van der Waals surface area (Å²) in [6.45, 7) is 0. The lowest BCUT2D eigenvalue weighted by Crippen LogP contribution is -2.12. The molecular weight excluding hydrogens is 276 g/mol. The monoisotopic (exact) mass is 286 g/mol. The van der Waals surface area contributed by atoms with Crippen LogP contribution in [-0.4, -0.2) is 21.1 Å². The first kappa shape index (κ1) is 12.4. The van der Waals surface area contributed by atoms with Crippen LogP contribution < -0.4 is 5.32 Å². The number of aromatic nitrogens is 1. The van der Waals surface area contributed by atoms with E-state index in [-0.39, 0.29) is 17.1 Å². The number of aromatic hydroxyl groups is 2. The van der Waals surface area contributed by atoms with Crippen LogP contribution in [0.2, 0.25) is 0 Å². The number of hydrogen-bond donors (Lipinski definition) is 3. The average Bonchev–Trinajstić information content (AvgIpc) is 2.80. The molecule has 3 N–H and O–H groups in total. The largest absolute Gasteiger partial charge is 0.507 e. The van der Waals surface area contributed by atoms with Crippen LogP contribution in [0.5, 0.6) is 11.5 Å². The second kappa shape index (κ2) is 4.82. The maximum atomic E-state index is 12.1. The minimum absolute atomic E-state index is 0.160. The number of nitrogens with zero attached hydrogens (tertiary/aromatic N) is 1. The van der Waals surface area contributed by atoms with Crippen molar-refractivity contribution in [3.8, 4) is 11.5 Å². The van der Waals surface area contributed by atoms with Gasteiger partial charge in [0.2, 0.25) is 0 Å².